The molecule has 2 fully saturated rings. The maximum Gasteiger partial charge on any atom is 0.573 e. The van der Waals surface area contributed by atoms with Gasteiger partial charge in [0.15, 0.2) is 0 Å². The third-order valence-corrected chi connectivity index (χ3v) is 7.20. The molecule has 4 heterocycles. The highest BCUT2D eigenvalue weighted by molar-refractivity contribution is 5.98. The summed E-state index contributed by atoms with van der Waals surface area (Å²) in [5.74, 6) is -1.50. The number of alkyl halides is 3. The third kappa shape index (κ3) is 5.45. The Balaban J connectivity index is 1.28. The molecule has 2 saturated heterocycles. The van der Waals surface area contributed by atoms with Crippen LogP contribution in [-0.4, -0.2) is 89.2 Å². The Morgan fingerprint density at radius 3 is 2.24 bits per heavy atom. The molecule has 2 aliphatic rings. The quantitative estimate of drug-likeness (QED) is 0.513. The van der Waals surface area contributed by atoms with Crippen LogP contribution in [-0.2, 0) is 0 Å². The summed E-state index contributed by atoms with van der Waals surface area (Å²) in [4.78, 5) is 38.7. The Morgan fingerprint density at radius 2 is 1.61 bits per heavy atom. The minimum Gasteiger partial charge on any atom is -0.406 e. The van der Waals surface area contributed by atoms with E-state index in [1.54, 1.807) is 15.9 Å². The summed E-state index contributed by atoms with van der Waals surface area (Å²) < 4.78 is 56.0. The SMILES string of the molecule is CN1CCN(C(=O)c2cc3c(C4CCN(C(=O)c5ccc(OC(F)(F)F)cc5)CC4)c(F)cnc3[nH]2)CC1. The molecule has 2 aromatic heterocycles. The Morgan fingerprint density at radius 1 is 0.974 bits per heavy atom. The van der Waals surface area contributed by atoms with Gasteiger partial charge in [0.05, 0.1) is 6.20 Å². The fourth-order valence-corrected chi connectivity index (χ4v) is 5.13. The third-order valence-electron chi connectivity index (χ3n) is 7.20. The zero-order valence-corrected chi connectivity index (χ0v) is 20.7. The van der Waals surface area contributed by atoms with Gasteiger partial charge in [-0.05, 0) is 56.1 Å². The Bertz CT molecular complexity index is 1330. The van der Waals surface area contributed by atoms with E-state index in [0.717, 1.165) is 31.4 Å². The van der Waals surface area contributed by atoms with Crippen LogP contribution < -0.4 is 4.74 Å². The molecule has 0 radical (unpaired) electrons. The summed E-state index contributed by atoms with van der Waals surface area (Å²) in [7, 11) is 2.01. The summed E-state index contributed by atoms with van der Waals surface area (Å²) in [5, 5.41) is 0.563. The number of aromatic nitrogens is 2. The van der Waals surface area contributed by atoms with Crippen molar-refractivity contribution < 1.29 is 31.9 Å². The first kappa shape index (κ1) is 26.0. The van der Waals surface area contributed by atoms with E-state index < -0.39 is 17.9 Å². The number of H-pyrrole nitrogens is 1. The fraction of sp³-hybridized carbons (Fsp3) is 0.423. The lowest BCUT2D eigenvalue weighted by molar-refractivity contribution is -0.274. The molecule has 0 atom stereocenters. The lowest BCUT2D eigenvalue weighted by Crippen LogP contribution is -2.47. The van der Waals surface area contributed by atoms with Crippen molar-refractivity contribution in [2.45, 2.75) is 25.1 Å². The zero-order chi connectivity index (χ0) is 27.0. The van der Waals surface area contributed by atoms with Gasteiger partial charge in [-0.25, -0.2) is 9.37 Å². The summed E-state index contributed by atoms with van der Waals surface area (Å²) in [6.45, 7) is 3.50. The van der Waals surface area contributed by atoms with Crippen LogP contribution >= 0.6 is 0 Å². The van der Waals surface area contributed by atoms with Crippen LogP contribution in [0.25, 0.3) is 11.0 Å². The molecule has 0 unspecified atom stereocenters. The van der Waals surface area contributed by atoms with E-state index in [1.807, 2.05) is 7.05 Å². The van der Waals surface area contributed by atoms with Gasteiger partial charge in [-0.2, -0.15) is 0 Å². The average molecular weight is 534 g/mol. The highest BCUT2D eigenvalue weighted by Gasteiger charge is 2.32. The van der Waals surface area contributed by atoms with Crippen molar-refractivity contribution in [1.82, 2.24) is 24.7 Å². The van der Waals surface area contributed by atoms with E-state index in [2.05, 4.69) is 19.6 Å². The van der Waals surface area contributed by atoms with Crippen LogP contribution in [0.15, 0.2) is 36.5 Å². The van der Waals surface area contributed by atoms with Crippen molar-refractivity contribution in [3.8, 4) is 5.75 Å². The first-order valence-corrected chi connectivity index (χ1v) is 12.4. The molecular weight excluding hydrogens is 506 g/mol. The summed E-state index contributed by atoms with van der Waals surface area (Å²) in [6.07, 6.45) is -2.67. The van der Waals surface area contributed by atoms with Gasteiger partial charge in [0.1, 0.15) is 22.9 Å². The van der Waals surface area contributed by atoms with Crippen molar-refractivity contribution in [2.75, 3.05) is 46.3 Å². The minimum atomic E-state index is -4.81. The van der Waals surface area contributed by atoms with Crippen LogP contribution in [0, 0.1) is 5.82 Å². The highest BCUT2D eigenvalue weighted by atomic mass is 19.4. The summed E-state index contributed by atoms with van der Waals surface area (Å²) in [5.41, 5.74) is 1.53. The van der Waals surface area contributed by atoms with Crippen molar-refractivity contribution in [3.05, 3.63) is 59.2 Å². The number of piperazine rings is 1. The molecule has 0 aliphatic carbocycles. The Hall–Kier alpha value is -3.67. The molecule has 0 saturated carbocycles. The highest BCUT2D eigenvalue weighted by Crippen LogP contribution is 2.35. The van der Waals surface area contributed by atoms with E-state index in [-0.39, 0.29) is 23.3 Å². The van der Waals surface area contributed by atoms with Gasteiger partial charge in [0.25, 0.3) is 11.8 Å². The number of nitrogens with zero attached hydrogens (tertiary/aromatic N) is 4. The first-order chi connectivity index (χ1) is 18.1. The van der Waals surface area contributed by atoms with Crippen molar-refractivity contribution in [1.29, 1.82) is 0 Å². The molecular formula is C26H27F4N5O3. The number of amides is 2. The second kappa shape index (κ2) is 10.2. The number of benzene rings is 1. The molecule has 2 aliphatic heterocycles. The lowest BCUT2D eigenvalue weighted by atomic mass is 9.87. The molecule has 202 valence electrons. The van der Waals surface area contributed by atoms with Crippen molar-refractivity contribution in [2.24, 2.45) is 0 Å². The van der Waals surface area contributed by atoms with E-state index in [0.29, 0.717) is 61.3 Å². The summed E-state index contributed by atoms with van der Waals surface area (Å²) >= 11 is 0. The number of likely N-dealkylation sites (N-methyl/N-ethyl adjacent to an activating group) is 1. The van der Waals surface area contributed by atoms with Gasteiger partial charge in [-0.1, -0.05) is 0 Å². The number of hydrogen-bond donors (Lipinski definition) is 1. The Labute approximate surface area is 216 Å². The molecule has 8 nitrogen and oxygen atoms in total. The molecule has 38 heavy (non-hydrogen) atoms. The lowest BCUT2D eigenvalue weighted by Gasteiger charge is -2.32. The van der Waals surface area contributed by atoms with E-state index in [4.69, 9.17) is 0 Å². The first-order valence-electron chi connectivity index (χ1n) is 12.4. The number of piperidine rings is 1. The van der Waals surface area contributed by atoms with Gasteiger partial charge in [-0.15, -0.1) is 13.2 Å². The van der Waals surface area contributed by atoms with E-state index in [1.165, 1.54) is 12.1 Å². The number of pyridine rings is 1. The molecule has 0 spiro atoms. The largest absolute Gasteiger partial charge is 0.573 e. The second-order valence-electron chi connectivity index (χ2n) is 9.70. The number of halogens is 4. The van der Waals surface area contributed by atoms with Gasteiger partial charge in [-0.3, -0.25) is 9.59 Å². The monoisotopic (exact) mass is 533 g/mol. The standard InChI is InChI=1S/C26H27F4N5O3/c1-33-10-12-35(13-11-33)25(37)21-14-19-22(20(27)15-31-23(19)32-21)16-6-8-34(9-7-16)24(36)17-2-4-18(5-3-17)38-26(28,29)30/h2-5,14-16H,6-13H2,1H3,(H,31,32). The van der Waals surface area contributed by atoms with Gasteiger partial charge in [0, 0.05) is 55.8 Å². The van der Waals surface area contributed by atoms with Crippen LogP contribution in [0.4, 0.5) is 17.6 Å². The number of nitrogens with one attached hydrogen (secondary N) is 1. The molecule has 1 aromatic carbocycles. The molecule has 1 N–H and O–H groups in total. The average Bonchev–Trinajstić information content (AvgIpc) is 3.32. The topological polar surface area (TPSA) is 81.8 Å². The normalized spacial score (nSPS) is 17.7. The Kier molecular flexibility index (Phi) is 6.99. The number of fused-ring (bicyclic) bond motifs is 1. The van der Waals surface area contributed by atoms with Crippen LogP contribution in [0.2, 0.25) is 0 Å². The maximum absolute atomic E-state index is 15.0. The molecule has 12 heteroatoms. The molecule has 3 aromatic rings. The number of rotatable bonds is 4. The number of carbonyl (C=O) groups is 2. The molecule has 0 bridgehead atoms. The number of aromatic amines is 1. The second-order valence-corrected chi connectivity index (χ2v) is 9.70. The number of likely N-dealkylation sites (tertiary alicyclic amines) is 1. The van der Waals surface area contributed by atoms with Gasteiger partial charge in [0.2, 0.25) is 0 Å². The van der Waals surface area contributed by atoms with Crippen LogP contribution in [0.1, 0.15) is 45.2 Å². The van der Waals surface area contributed by atoms with Crippen molar-refractivity contribution >= 4 is 22.8 Å². The summed E-state index contributed by atoms with van der Waals surface area (Å²) in [6, 6.07) is 6.46. The van der Waals surface area contributed by atoms with Gasteiger partial charge < -0.3 is 24.4 Å². The smallest absolute Gasteiger partial charge is 0.406 e. The fourth-order valence-electron chi connectivity index (χ4n) is 5.13. The van der Waals surface area contributed by atoms with Gasteiger partial charge >= 0.3 is 6.36 Å². The number of ether oxygens (including phenoxy) is 1. The van der Waals surface area contributed by atoms with E-state index in [9.17, 15) is 22.8 Å². The predicted octanol–water partition coefficient (Wildman–Crippen LogP) is 4.01. The minimum absolute atomic E-state index is 0.144. The molecule has 2 amide bonds. The number of hydrogen-bond acceptors (Lipinski definition) is 5. The molecule has 5 rings (SSSR count). The van der Waals surface area contributed by atoms with E-state index >= 15 is 4.39 Å². The number of carbonyl (C=O) groups excluding carboxylic acids is 2. The predicted molar refractivity (Wildman–Crippen MR) is 130 cm³/mol. The maximum atomic E-state index is 15.0. The van der Waals surface area contributed by atoms with Crippen LogP contribution in [0.5, 0.6) is 5.75 Å². The zero-order valence-electron chi connectivity index (χ0n) is 20.7. The van der Waals surface area contributed by atoms with Crippen molar-refractivity contribution in [3.63, 3.8) is 0 Å². The van der Waals surface area contributed by atoms with Crippen LogP contribution in [0.3, 0.4) is 0 Å².